The minimum Gasteiger partial charge on any atom is -0.352 e. The summed E-state index contributed by atoms with van der Waals surface area (Å²) < 4.78 is 37.9. The van der Waals surface area contributed by atoms with Crippen LogP contribution in [0.15, 0.2) is 0 Å². The molecular formula is C12H21F3N2O. The summed E-state index contributed by atoms with van der Waals surface area (Å²) in [4.78, 5) is 11.9. The Morgan fingerprint density at radius 1 is 1.44 bits per heavy atom. The average Bonchev–Trinajstić information content (AvgIpc) is 2.34. The van der Waals surface area contributed by atoms with Gasteiger partial charge in [-0.25, -0.2) is 0 Å². The normalized spacial score (nSPS) is 26.7. The highest BCUT2D eigenvalue weighted by Crippen LogP contribution is 2.39. The number of rotatable bonds is 4. The molecule has 18 heavy (non-hydrogen) atoms. The van der Waals surface area contributed by atoms with E-state index in [2.05, 4.69) is 5.32 Å². The van der Waals surface area contributed by atoms with Crippen molar-refractivity contribution in [1.82, 2.24) is 5.32 Å². The lowest BCUT2D eigenvalue weighted by molar-refractivity contribution is -0.186. The van der Waals surface area contributed by atoms with E-state index in [1.54, 1.807) is 0 Å². The summed E-state index contributed by atoms with van der Waals surface area (Å²) in [5, 5.41) is 2.73. The Bertz CT molecular complexity index is 277. The van der Waals surface area contributed by atoms with Crippen molar-refractivity contribution >= 4 is 5.91 Å². The van der Waals surface area contributed by atoms with Crippen LogP contribution in [-0.2, 0) is 4.79 Å². The van der Waals surface area contributed by atoms with E-state index in [4.69, 9.17) is 5.73 Å². The van der Waals surface area contributed by atoms with Crippen molar-refractivity contribution in [3.05, 3.63) is 0 Å². The molecule has 1 aliphatic carbocycles. The summed E-state index contributed by atoms with van der Waals surface area (Å²) in [5.74, 6) is -2.13. The molecule has 3 nitrogen and oxygen atoms in total. The van der Waals surface area contributed by atoms with E-state index in [9.17, 15) is 18.0 Å². The van der Waals surface area contributed by atoms with Gasteiger partial charge in [0.05, 0.1) is 5.92 Å². The fraction of sp³-hybridized carbons (Fsp3) is 0.917. The van der Waals surface area contributed by atoms with Gasteiger partial charge in [-0.15, -0.1) is 0 Å². The number of hydrogen-bond donors (Lipinski definition) is 2. The number of nitrogens with two attached hydrogens (primary N) is 1. The van der Waals surface area contributed by atoms with Crippen LogP contribution >= 0.6 is 0 Å². The molecule has 1 saturated carbocycles. The molecule has 0 heterocycles. The molecule has 106 valence electrons. The minimum atomic E-state index is -4.18. The van der Waals surface area contributed by atoms with Gasteiger partial charge in [-0.1, -0.05) is 13.3 Å². The van der Waals surface area contributed by atoms with Crippen LogP contribution in [0.4, 0.5) is 13.2 Å². The van der Waals surface area contributed by atoms with Crippen molar-refractivity contribution < 1.29 is 18.0 Å². The predicted octanol–water partition coefficient (Wildman–Crippen LogP) is 2.21. The number of carbonyl (C=O) groups excluding carboxylic acids is 1. The highest BCUT2D eigenvalue weighted by molar-refractivity contribution is 5.79. The summed E-state index contributed by atoms with van der Waals surface area (Å²) in [6, 6.07) is -0.135. The molecule has 0 spiro atoms. The molecule has 0 aromatic rings. The van der Waals surface area contributed by atoms with E-state index in [1.165, 1.54) is 0 Å². The molecule has 0 saturated heterocycles. The van der Waals surface area contributed by atoms with Crippen molar-refractivity contribution in [1.29, 1.82) is 0 Å². The van der Waals surface area contributed by atoms with Gasteiger partial charge in [0.25, 0.3) is 0 Å². The van der Waals surface area contributed by atoms with E-state index >= 15 is 0 Å². The standard InChI is InChI=1S/C12H21F3N2O/c1-2-10(7-16)17-11(18)8-4-3-5-9(6-8)12(13,14)15/h8-10H,2-7,16H2,1H3,(H,17,18). The van der Waals surface area contributed by atoms with Gasteiger partial charge in [0, 0.05) is 18.5 Å². The average molecular weight is 266 g/mol. The second-order valence-corrected chi connectivity index (χ2v) is 4.95. The van der Waals surface area contributed by atoms with Crippen molar-refractivity contribution in [2.45, 2.75) is 51.2 Å². The van der Waals surface area contributed by atoms with Crippen LogP contribution in [0.25, 0.3) is 0 Å². The highest BCUT2D eigenvalue weighted by Gasteiger charge is 2.43. The first kappa shape index (κ1) is 15.3. The number of nitrogens with one attached hydrogen (secondary N) is 1. The van der Waals surface area contributed by atoms with Crippen molar-refractivity contribution in [2.24, 2.45) is 17.6 Å². The number of carbonyl (C=O) groups is 1. The molecule has 1 aliphatic rings. The number of hydrogen-bond acceptors (Lipinski definition) is 2. The van der Waals surface area contributed by atoms with Crippen LogP contribution in [0.3, 0.4) is 0 Å². The molecule has 3 unspecified atom stereocenters. The Balaban J connectivity index is 2.53. The smallest absolute Gasteiger partial charge is 0.352 e. The second kappa shape index (κ2) is 6.41. The first-order valence-electron chi connectivity index (χ1n) is 6.45. The summed E-state index contributed by atoms with van der Waals surface area (Å²) in [5.41, 5.74) is 5.46. The van der Waals surface area contributed by atoms with Gasteiger partial charge >= 0.3 is 6.18 Å². The second-order valence-electron chi connectivity index (χ2n) is 4.95. The van der Waals surface area contributed by atoms with Crippen LogP contribution in [0.1, 0.15) is 39.0 Å². The van der Waals surface area contributed by atoms with Crippen LogP contribution in [0.2, 0.25) is 0 Å². The van der Waals surface area contributed by atoms with Crippen LogP contribution in [0.5, 0.6) is 0 Å². The van der Waals surface area contributed by atoms with E-state index in [1.807, 2.05) is 6.92 Å². The van der Waals surface area contributed by atoms with Gasteiger partial charge in [-0.05, 0) is 25.7 Å². The minimum absolute atomic E-state index is 0.0870. The number of amides is 1. The Kier molecular flexibility index (Phi) is 5.44. The maximum Gasteiger partial charge on any atom is 0.391 e. The Morgan fingerprint density at radius 2 is 2.11 bits per heavy atom. The number of alkyl halides is 3. The topological polar surface area (TPSA) is 55.1 Å². The highest BCUT2D eigenvalue weighted by atomic mass is 19.4. The van der Waals surface area contributed by atoms with E-state index < -0.39 is 18.0 Å². The van der Waals surface area contributed by atoms with Crippen molar-refractivity contribution in [3.8, 4) is 0 Å². The molecule has 0 radical (unpaired) electrons. The van der Waals surface area contributed by atoms with Gasteiger partial charge in [0.2, 0.25) is 5.91 Å². The Labute approximate surface area is 105 Å². The fourth-order valence-corrected chi connectivity index (χ4v) is 2.37. The molecule has 0 aromatic carbocycles. The fourth-order valence-electron chi connectivity index (χ4n) is 2.37. The molecule has 1 rings (SSSR count). The molecule has 1 amide bonds. The van der Waals surface area contributed by atoms with Crippen LogP contribution in [-0.4, -0.2) is 24.7 Å². The zero-order valence-electron chi connectivity index (χ0n) is 10.6. The summed E-state index contributed by atoms with van der Waals surface area (Å²) in [6.45, 7) is 2.20. The third kappa shape index (κ3) is 4.15. The van der Waals surface area contributed by atoms with Gasteiger partial charge in [-0.2, -0.15) is 13.2 Å². The molecule has 3 N–H and O–H groups in total. The monoisotopic (exact) mass is 266 g/mol. The van der Waals surface area contributed by atoms with E-state index in [0.717, 1.165) is 0 Å². The third-order valence-corrected chi connectivity index (χ3v) is 3.63. The van der Waals surface area contributed by atoms with Gasteiger partial charge in [0.1, 0.15) is 0 Å². The summed E-state index contributed by atoms with van der Waals surface area (Å²) in [7, 11) is 0. The summed E-state index contributed by atoms with van der Waals surface area (Å²) in [6.07, 6.45) is -2.44. The molecule has 6 heteroatoms. The zero-order valence-corrected chi connectivity index (χ0v) is 10.6. The molecule has 0 aliphatic heterocycles. The van der Waals surface area contributed by atoms with Gasteiger partial charge in [-0.3, -0.25) is 4.79 Å². The maximum atomic E-state index is 12.6. The first-order chi connectivity index (χ1) is 8.38. The molecule has 0 bridgehead atoms. The quantitative estimate of drug-likeness (QED) is 0.819. The van der Waals surface area contributed by atoms with E-state index in [-0.39, 0.29) is 24.8 Å². The Morgan fingerprint density at radius 3 is 2.61 bits per heavy atom. The largest absolute Gasteiger partial charge is 0.391 e. The lowest BCUT2D eigenvalue weighted by atomic mass is 9.80. The number of halogens is 3. The van der Waals surface area contributed by atoms with Crippen molar-refractivity contribution in [3.63, 3.8) is 0 Å². The molecule has 1 fully saturated rings. The van der Waals surface area contributed by atoms with Crippen LogP contribution < -0.4 is 11.1 Å². The van der Waals surface area contributed by atoms with Gasteiger partial charge < -0.3 is 11.1 Å². The van der Waals surface area contributed by atoms with E-state index in [0.29, 0.717) is 25.8 Å². The van der Waals surface area contributed by atoms with Crippen LogP contribution in [0, 0.1) is 11.8 Å². The van der Waals surface area contributed by atoms with Crippen molar-refractivity contribution in [2.75, 3.05) is 6.54 Å². The predicted molar refractivity (Wildman–Crippen MR) is 62.8 cm³/mol. The third-order valence-electron chi connectivity index (χ3n) is 3.63. The molecule has 0 aromatic heterocycles. The summed E-state index contributed by atoms with van der Waals surface area (Å²) >= 11 is 0. The zero-order chi connectivity index (χ0) is 13.8. The SMILES string of the molecule is CCC(CN)NC(=O)C1CCCC(C(F)(F)F)C1. The molecular weight excluding hydrogens is 245 g/mol. The molecule has 3 atom stereocenters. The Hall–Kier alpha value is -0.780. The van der Waals surface area contributed by atoms with Gasteiger partial charge in [0.15, 0.2) is 0 Å². The lowest BCUT2D eigenvalue weighted by Gasteiger charge is -2.30. The first-order valence-corrected chi connectivity index (χ1v) is 6.45. The maximum absolute atomic E-state index is 12.6. The lowest BCUT2D eigenvalue weighted by Crippen LogP contribution is -2.44.